The minimum absolute atomic E-state index is 0.468. The van der Waals surface area contributed by atoms with Crippen LogP contribution >= 0.6 is 23.5 Å². The van der Waals surface area contributed by atoms with Crippen LogP contribution in [0.5, 0.6) is 0 Å². The van der Waals surface area contributed by atoms with Crippen molar-refractivity contribution in [3.05, 3.63) is 65.7 Å². The van der Waals surface area contributed by atoms with E-state index in [1.807, 2.05) is 30.3 Å². The first-order chi connectivity index (χ1) is 10.3. The molecule has 2 aromatic carbocycles. The zero-order valence-electron chi connectivity index (χ0n) is 11.8. The first-order valence-corrected chi connectivity index (χ1v) is 8.66. The van der Waals surface area contributed by atoms with E-state index in [4.69, 9.17) is 5.73 Å². The molecule has 2 N–H and O–H groups in total. The minimum atomic E-state index is 0.468. The van der Waals surface area contributed by atoms with Crippen LogP contribution in [0.3, 0.4) is 0 Å². The van der Waals surface area contributed by atoms with E-state index < -0.39 is 0 Å². The maximum absolute atomic E-state index is 5.83. The molecule has 0 aliphatic rings. The fourth-order valence-corrected chi connectivity index (χ4v) is 2.62. The highest BCUT2D eigenvalue weighted by Crippen LogP contribution is 2.14. The van der Waals surface area contributed by atoms with Crippen molar-refractivity contribution in [1.29, 1.82) is 0 Å². The molecule has 0 fully saturated rings. The molecule has 21 heavy (non-hydrogen) atoms. The van der Waals surface area contributed by atoms with Crippen LogP contribution in [0.25, 0.3) is 0 Å². The van der Waals surface area contributed by atoms with E-state index in [1.54, 1.807) is 18.0 Å². The summed E-state index contributed by atoms with van der Waals surface area (Å²) >= 11 is 3.20. The normalized spacial score (nSPS) is 12.0. The SMILES string of the molecule is CSc1ccc(C=NN=C(N)SCc2ccccc2)cc1. The van der Waals surface area contributed by atoms with Crippen molar-refractivity contribution >= 4 is 34.9 Å². The van der Waals surface area contributed by atoms with Gasteiger partial charge in [0.15, 0.2) is 5.17 Å². The molecule has 0 spiro atoms. The Morgan fingerprint density at radius 2 is 1.81 bits per heavy atom. The number of hydrogen-bond donors (Lipinski definition) is 1. The molecule has 2 aromatic rings. The Morgan fingerprint density at radius 1 is 1.10 bits per heavy atom. The molecule has 0 amide bonds. The second kappa shape index (κ2) is 8.54. The summed E-state index contributed by atoms with van der Waals surface area (Å²) in [6.45, 7) is 0. The molecule has 0 saturated heterocycles. The molecule has 0 unspecified atom stereocenters. The maximum atomic E-state index is 5.83. The summed E-state index contributed by atoms with van der Waals surface area (Å²) in [5.74, 6) is 0.800. The Balaban J connectivity index is 1.85. The van der Waals surface area contributed by atoms with E-state index >= 15 is 0 Å². The van der Waals surface area contributed by atoms with Gasteiger partial charge in [0.1, 0.15) is 0 Å². The summed E-state index contributed by atoms with van der Waals surface area (Å²) < 4.78 is 0. The molecule has 108 valence electrons. The van der Waals surface area contributed by atoms with Crippen molar-refractivity contribution in [3.63, 3.8) is 0 Å². The van der Waals surface area contributed by atoms with Crippen molar-refractivity contribution < 1.29 is 0 Å². The van der Waals surface area contributed by atoms with Crippen molar-refractivity contribution in [1.82, 2.24) is 0 Å². The van der Waals surface area contributed by atoms with Gasteiger partial charge in [0, 0.05) is 10.6 Å². The van der Waals surface area contributed by atoms with Crippen molar-refractivity contribution in [2.75, 3.05) is 6.26 Å². The first-order valence-electron chi connectivity index (χ1n) is 6.45. The van der Waals surface area contributed by atoms with E-state index in [2.05, 4.69) is 40.7 Å². The molecule has 0 bridgehead atoms. The molecule has 0 aromatic heterocycles. The monoisotopic (exact) mass is 315 g/mol. The third-order valence-corrected chi connectivity index (χ3v) is 4.31. The predicted octanol–water partition coefficient (Wildman–Crippen LogP) is 3.99. The fourth-order valence-electron chi connectivity index (χ4n) is 1.60. The minimum Gasteiger partial charge on any atom is -0.377 e. The summed E-state index contributed by atoms with van der Waals surface area (Å²) in [4.78, 5) is 1.23. The standard InChI is InChI=1S/C16H17N3S2/c1-20-15-9-7-13(8-10-15)11-18-19-16(17)21-12-14-5-3-2-4-6-14/h2-11H,12H2,1H3,(H2,17,19). The van der Waals surface area contributed by atoms with E-state index in [-0.39, 0.29) is 0 Å². The number of nitrogens with zero attached hydrogens (tertiary/aromatic N) is 2. The van der Waals surface area contributed by atoms with Gasteiger partial charge in [-0.05, 0) is 29.5 Å². The zero-order valence-corrected chi connectivity index (χ0v) is 13.4. The summed E-state index contributed by atoms with van der Waals surface area (Å²) in [5, 5.41) is 8.49. The molecule has 5 heteroatoms. The lowest BCUT2D eigenvalue weighted by atomic mass is 10.2. The van der Waals surface area contributed by atoms with E-state index in [0.29, 0.717) is 5.17 Å². The van der Waals surface area contributed by atoms with Crippen LogP contribution in [0.15, 0.2) is 69.7 Å². The molecule has 0 radical (unpaired) electrons. The summed E-state index contributed by atoms with van der Waals surface area (Å²) in [7, 11) is 0. The number of rotatable bonds is 5. The third kappa shape index (κ3) is 5.65. The Morgan fingerprint density at radius 3 is 2.48 bits per heavy atom. The number of amidine groups is 1. The Bertz CT molecular complexity index is 607. The van der Waals surface area contributed by atoms with E-state index in [0.717, 1.165) is 11.3 Å². The highest BCUT2D eigenvalue weighted by molar-refractivity contribution is 8.13. The first kappa shape index (κ1) is 15.7. The van der Waals surface area contributed by atoms with Crippen molar-refractivity contribution in [2.24, 2.45) is 15.9 Å². The van der Waals surface area contributed by atoms with Crippen LogP contribution in [-0.4, -0.2) is 17.6 Å². The van der Waals surface area contributed by atoms with Crippen LogP contribution in [0, 0.1) is 0 Å². The van der Waals surface area contributed by atoms with Crippen molar-refractivity contribution in [3.8, 4) is 0 Å². The van der Waals surface area contributed by atoms with Crippen LogP contribution < -0.4 is 5.73 Å². The Kier molecular flexibility index (Phi) is 6.37. The van der Waals surface area contributed by atoms with Gasteiger partial charge < -0.3 is 5.73 Å². The van der Waals surface area contributed by atoms with E-state index in [1.165, 1.54) is 22.2 Å². The summed E-state index contributed by atoms with van der Waals surface area (Å²) in [5.41, 5.74) is 8.06. The van der Waals surface area contributed by atoms with Gasteiger partial charge in [-0.15, -0.1) is 16.9 Å². The molecular formula is C16H17N3S2. The van der Waals surface area contributed by atoms with Gasteiger partial charge in [-0.3, -0.25) is 0 Å². The zero-order chi connectivity index (χ0) is 14.9. The van der Waals surface area contributed by atoms with Gasteiger partial charge >= 0.3 is 0 Å². The lowest BCUT2D eigenvalue weighted by Crippen LogP contribution is -2.05. The quantitative estimate of drug-likeness (QED) is 0.393. The average molecular weight is 315 g/mol. The van der Waals surface area contributed by atoms with Gasteiger partial charge in [0.2, 0.25) is 0 Å². The lowest BCUT2D eigenvalue weighted by Gasteiger charge is -1.99. The van der Waals surface area contributed by atoms with Crippen LogP contribution in [0.4, 0.5) is 0 Å². The Labute approximate surface area is 133 Å². The second-order valence-corrected chi connectivity index (χ2v) is 6.11. The summed E-state index contributed by atoms with van der Waals surface area (Å²) in [6, 6.07) is 18.3. The second-order valence-electron chi connectivity index (χ2n) is 4.23. The maximum Gasteiger partial charge on any atom is 0.180 e. The average Bonchev–Trinajstić information content (AvgIpc) is 2.54. The summed E-state index contributed by atoms with van der Waals surface area (Å²) in [6.07, 6.45) is 3.76. The molecule has 0 saturated carbocycles. The smallest absolute Gasteiger partial charge is 0.180 e. The van der Waals surface area contributed by atoms with Crippen LogP contribution in [-0.2, 0) is 5.75 Å². The molecule has 2 rings (SSSR count). The topological polar surface area (TPSA) is 50.7 Å². The molecule has 0 aliphatic carbocycles. The third-order valence-electron chi connectivity index (χ3n) is 2.71. The number of benzene rings is 2. The lowest BCUT2D eigenvalue weighted by molar-refractivity contribution is 1.25. The fraction of sp³-hybridized carbons (Fsp3) is 0.125. The molecular weight excluding hydrogens is 298 g/mol. The molecule has 0 heterocycles. The highest BCUT2D eigenvalue weighted by Gasteiger charge is 1.95. The highest BCUT2D eigenvalue weighted by atomic mass is 32.2. The largest absolute Gasteiger partial charge is 0.377 e. The van der Waals surface area contributed by atoms with Gasteiger partial charge in [0.25, 0.3) is 0 Å². The van der Waals surface area contributed by atoms with Gasteiger partial charge in [-0.2, -0.15) is 5.10 Å². The van der Waals surface area contributed by atoms with Gasteiger partial charge in [0.05, 0.1) is 6.21 Å². The molecule has 0 atom stereocenters. The predicted molar refractivity (Wildman–Crippen MR) is 95.2 cm³/mol. The van der Waals surface area contributed by atoms with Crippen LogP contribution in [0.1, 0.15) is 11.1 Å². The van der Waals surface area contributed by atoms with Crippen molar-refractivity contribution in [2.45, 2.75) is 10.6 Å². The molecule has 3 nitrogen and oxygen atoms in total. The number of thioether (sulfide) groups is 2. The Hall–Kier alpha value is -1.72. The number of nitrogens with two attached hydrogens (primary N) is 1. The van der Waals surface area contributed by atoms with Gasteiger partial charge in [-0.25, -0.2) is 0 Å². The van der Waals surface area contributed by atoms with Crippen LogP contribution in [0.2, 0.25) is 0 Å². The van der Waals surface area contributed by atoms with E-state index in [9.17, 15) is 0 Å². The molecule has 0 aliphatic heterocycles. The van der Waals surface area contributed by atoms with Gasteiger partial charge in [-0.1, -0.05) is 54.2 Å². The number of hydrogen-bond acceptors (Lipinski definition) is 4.